The summed E-state index contributed by atoms with van der Waals surface area (Å²) in [6, 6.07) is 13.2. The number of para-hydroxylation sites is 1. The van der Waals surface area contributed by atoms with E-state index in [9.17, 15) is 18.0 Å². The van der Waals surface area contributed by atoms with Crippen LogP contribution in [0.1, 0.15) is 25.8 Å². The molecule has 10 heteroatoms. The van der Waals surface area contributed by atoms with E-state index in [1.807, 2.05) is 19.1 Å². The molecule has 0 aliphatic carbocycles. The van der Waals surface area contributed by atoms with E-state index in [1.165, 1.54) is 4.90 Å². The Morgan fingerprint density at radius 3 is 2.24 bits per heavy atom. The normalized spacial score (nSPS) is 12.0. The van der Waals surface area contributed by atoms with Crippen LogP contribution in [0, 0.1) is 0 Å². The minimum atomic E-state index is -3.78. The first-order chi connectivity index (χ1) is 15.6. The quantitative estimate of drug-likeness (QED) is 0.473. The van der Waals surface area contributed by atoms with Crippen molar-refractivity contribution in [1.29, 1.82) is 0 Å². The molecule has 180 valence electrons. The number of amides is 2. The van der Waals surface area contributed by atoms with Crippen LogP contribution in [0.4, 0.5) is 5.69 Å². The second-order valence-corrected chi connectivity index (χ2v) is 10.2. The van der Waals surface area contributed by atoms with Crippen LogP contribution < -0.4 is 14.4 Å². The average molecular weight is 540 g/mol. The van der Waals surface area contributed by atoms with Gasteiger partial charge in [-0.15, -0.1) is 0 Å². The van der Waals surface area contributed by atoms with E-state index < -0.39 is 28.5 Å². The van der Waals surface area contributed by atoms with E-state index in [4.69, 9.17) is 4.74 Å². The molecule has 0 aliphatic rings. The summed E-state index contributed by atoms with van der Waals surface area (Å²) in [5.41, 5.74) is 1.14. The van der Waals surface area contributed by atoms with E-state index in [1.54, 1.807) is 50.4 Å². The van der Waals surface area contributed by atoms with Gasteiger partial charge in [0.15, 0.2) is 0 Å². The largest absolute Gasteiger partial charge is 0.497 e. The highest BCUT2D eigenvalue weighted by molar-refractivity contribution is 9.10. The molecule has 0 fully saturated rings. The van der Waals surface area contributed by atoms with Gasteiger partial charge < -0.3 is 15.0 Å². The number of ether oxygens (including phenoxy) is 1. The summed E-state index contributed by atoms with van der Waals surface area (Å²) in [7, 11) is -2.21. The molecule has 0 bridgehead atoms. The van der Waals surface area contributed by atoms with E-state index in [0.717, 1.165) is 16.1 Å². The number of methoxy groups -OCH3 is 1. The molecular formula is C23H30BrN3O5S. The average Bonchev–Trinajstić information content (AvgIpc) is 2.77. The Morgan fingerprint density at radius 2 is 1.73 bits per heavy atom. The number of sulfonamides is 1. The van der Waals surface area contributed by atoms with Gasteiger partial charge in [0.05, 0.1) is 19.1 Å². The number of rotatable bonds is 11. The fraction of sp³-hybridized carbons (Fsp3) is 0.391. The first-order valence-electron chi connectivity index (χ1n) is 10.5. The molecule has 33 heavy (non-hydrogen) atoms. The van der Waals surface area contributed by atoms with Gasteiger partial charge in [0.1, 0.15) is 18.3 Å². The summed E-state index contributed by atoms with van der Waals surface area (Å²) in [6.45, 7) is 3.75. The summed E-state index contributed by atoms with van der Waals surface area (Å²) in [5, 5.41) is 2.77. The summed E-state index contributed by atoms with van der Waals surface area (Å²) < 4.78 is 32.0. The number of carbonyl (C=O) groups is 2. The Labute approximate surface area is 204 Å². The van der Waals surface area contributed by atoms with E-state index in [0.29, 0.717) is 28.9 Å². The van der Waals surface area contributed by atoms with Crippen LogP contribution in [0.25, 0.3) is 0 Å². The van der Waals surface area contributed by atoms with Crippen molar-refractivity contribution in [1.82, 2.24) is 10.2 Å². The molecule has 1 unspecified atom stereocenters. The van der Waals surface area contributed by atoms with Crippen LogP contribution >= 0.6 is 15.9 Å². The zero-order valence-electron chi connectivity index (χ0n) is 19.2. The Kier molecular flexibility index (Phi) is 9.72. The number of anilines is 1. The fourth-order valence-electron chi connectivity index (χ4n) is 3.39. The van der Waals surface area contributed by atoms with Crippen molar-refractivity contribution in [3.05, 3.63) is 58.6 Å². The van der Waals surface area contributed by atoms with Gasteiger partial charge in [0.2, 0.25) is 21.8 Å². The topological polar surface area (TPSA) is 96.0 Å². The van der Waals surface area contributed by atoms with Gasteiger partial charge in [0, 0.05) is 17.6 Å². The molecule has 0 spiro atoms. The van der Waals surface area contributed by atoms with Gasteiger partial charge in [-0.25, -0.2) is 8.42 Å². The maximum Gasteiger partial charge on any atom is 0.244 e. The Bertz CT molecular complexity index is 1060. The number of hydrogen-bond donors (Lipinski definition) is 1. The standard InChI is InChI=1S/C23H30BrN3O5S/c1-5-20(23(29)25-6-2)26(15-17-11-13-18(32-3)14-12-17)22(28)16-27(33(4,30)31)21-10-8-7-9-19(21)24/h7-14,20H,5-6,15-16H2,1-4H3,(H,25,29). The molecule has 0 aliphatic heterocycles. The molecule has 2 amide bonds. The van der Waals surface area contributed by atoms with Crippen molar-refractivity contribution in [2.24, 2.45) is 0 Å². The van der Waals surface area contributed by atoms with E-state index >= 15 is 0 Å². The van der Waals surface area contributed by atoms with Gasteiger partial charge >= 0.3 is 0 Å². The number of likely N-dealkylation sites (N-methyl/N-ethyl adjacent to an activating group) is 1. The Hall–Kier alpha value is -2.59. The van der Waals surface area contributed by atoms with Crippen LogP contribution in [0.15, 0.2) is 53.0 Å². The second kappa shape index (κ2) is 12.0. The van der Waals surface area contributed by atoms with Crippen LogP contribution in [0.5, 0.6) is 5.75 Å². The van der Waals surface area contributed by atoms with Crippen LogP contribution in [0.3, 0.4) is 0 Å². The minimum Gasteiger partial charge on any atom is -0.497 e. The van der Waals surface area contributed by atoms with Crippen molar-refractivity contribution < 1.29 is 22.7 Å². The second-order valence-electron chi connectivity index (χ2n) is 7.41. The lowest BCUT2D eigenvalue weighted by molar-refractivity contribution is -0.140. The molecule has 2 aromatic rings. The van der Waals surface area contributed by atoms with Crippen LogP contribution in [-0.2, 0) is 26.2 Å². The predicted molar refractivity (Wildman–Crippen MR) is 133 cm³/mol. The molecule has 1 atom stereocenters. The molecule has 0 heterocycles. The minimum absolute atomic E-state index is 0.145. The van der Waals surface area contributed by atoms with Crippen LogP contribution in [0.2, 0.25) is 0 Å². The summed E-state index contributed by atoms with van der Waals surface area (Å²) in [5.74, 6) is -0.0941. The molecule has 1 N–H and O–H groups in total. The highest BCUT2D eigenvalue weighted by Gasteiger charge is 2.32. The highest BCUT2D eigenvalue weighted by atomic mass is 79.9. The predicted octanol–water partition coefficient (Wildman–Crippen LogP) is 3.17. The van der Waals surface area contributed by atoms with E-state index in [2.05, 4.69) is 21.2 Å². The third-order valence-electron chi connectivity index (χ3n) is 5.05. The molecule has 8 nitrogen and oxygen atoms in total. The van der Waals surface area contributed by atoms with Gasteiger partial charge in [-0.1, -0.05) is 31.2 Å². The lowest BCUT2D eigenvalue weighted by Gasteiger charge is -2.33. The van der Waals surface area contributed by atoms with Gasteiger partial charge in [-0.2, -0.15) is 0 Å². The number of nitrogens with one attached hydrogen (secondary N) is 1. The molecular weight excluding hydrogens is 510 g/mol. The number of carbonyl (C=O) groups excluding carboxylic acids is 2. The monoisotopic (exact) mass is 539 g/mol. The zero-order chi connectivity index (χ0) is 24.6. The molecule has 0 saturated heterocycles. The van der Waals surface area contributed by atoms with Gasteiger partial charge in [-0.05, 0) is 59.1 Å². The van der Waals surface area contributed by atoms with Crippen molar-refractivity contribution in [2.75, 3.05) is 30.8 Å². The maximum atomic E-state index is 13.5. The first kappa shape index (κ1) is 26.7. The Balaban J connectivity index is 2.43. The molecule has 2 rings (SSSR count). The SMILES string of the molecule is CCNC(=O)C(CC)N(Cc1ccc(OC)cc1)C(=O)CN(c1ccccc1Br)S(C)(=O)=O. The van der Waals surface area contributed by atoms with Gasteiger partial charge in [-0.3, -0.25) is 13.9 Å². The Morgan fingerprint density at radius 1 is 1.09 bits per heavy atom. The summed E-state index contributed by atoms with van der Waals surface area (Å²) in [4.78, 5) is 27.7. The van der Waals surface area contributed by atoms with Crippen molar-refractivity contribution in [3.8, 4) is 5.75 Å². The van der Waals surface area contributed by atoms with E-state index in [-0.39, 0.29) is 12.5 Å². The van der Waals surface area contributed by atoms with Gasteiger partial charge in [0.25, 0.3) is 0 Å². The maximum absolute atomic E-state index is 13.5. The number of halogens is 1. The number of nitrogens with zero attached hydrogens (tertiary/aromatic N) is 2. The zero-order valence-corrected chi connectivity index (χ0v) is 21.6. The number of benzene rings is 2. The first-order valence-corrected chi connectivity index (χ1v) is 13.2. The number of hydrogen-bond acceptors (Lipinski definition) is 5. The molecule has 0 aromatic heterocycles. The highest BCUT2D eigenvalue weighted by Crippen LogP contribution is 2.28. The molecule has 0 saturated carbocycles. The van der Waals surface area contributed by atoms with Crippen molar-refractivity contribution >= 4 is 43.5 Å². The van der Waals surface area contributed by atoms with Crippen molar-refractivity contribution in [3.63, 3.8) is 0 Å². The smallest absolute Gasteiger partial charge is 0.244 e. The van der Waals surface area contributed by atoms with Crippen LogP contribution in [-0.4, -0.2) is 57.6 Å². The lowest BCUT2D eigenvalue weighted by Crippen LogP contribution is -2.52. The third kappa shape index (κ3) is 7.20. The molecule has 0 radical (unpaired) electrons. The fourth-order valence-corrected chi connectivity index (χ4v) is 4.87. The third-order valence-corrected chi connectivity index (χ3v) is 6.85. The lowest BCUT2D eigenvalue weighted by atomic mass is 10.1. The summed E-state index contributed by atoms with van der Waals surface area (Å²) >= 11 is 3.36. The summed E-state index contributed by atoms with van der Waals surface area (Å²) in [6.07, 6.45) is 1.43. The molecule has 2 aromatic carbocycles. The van der Waals surface area contributed by atoms with Crippen molar-refractivity contribution in [2.45, 2.75) is 32.9 Å².